The molecule has 0 saturated heterocycles. The highest BCUT2D eigenvalue weighted by atomic mass is 35.5. The van der Waals surface area contributed by atoms with E-state index in [1.807, 2.05) is 60.7 Å². The van der Waals surface area contributed by atoms with Crippen molar-refractivity contribution in [1.29, 1.82) is 0 Å². The topological polar surface area (TPSA) is 51.8 Å². The van der Waals surface area contributed by atoms with Crippen molar-refractivity contribution >= 4 is 33.5 Å². The van der Waals surface area contributed by atoms with Gasteiger partial charge in [0.05, 0.1) is 5.56 Å². The average molecular weight is 510 g/mol. The zero-order valence-electron chi connectivity index (χ0n) is 20.2. The molecule has 5 aromatic carbocycles. The van der Waals surface area contributed by atoms with Gasteiger partial charge in [-0.15, -0.1) is 0 Å². The second-order valence-electron chi connectivity index (χ2n) is 8.99. The number of aromatic nitrogens is 3. The molecule has 180 valence electrons. The fourth-order valence-electron chi connectivity index (χ4n) is 5.02. The number of hydrogen-bond acceptors (Lipinski definition) is 4. The van der Waals surface area contributed by atoms with E-state index in [4.69, 9.17) is 21.0 Å². The van der Waals surface area contributed by atoms with E-state index in [1.165, 1.54) is 11.1 Å². The third-order valence-electron chi connectivity index (χ3n) is 6.71. The monoisotopic (exact) mass is 509 g/mol. The van der Waals surface area contributed by atoms with Crippen molar-refractivity contribution in [3.8, 4) is 45.0 Å². The van der Waals surface area contributed by atoms with Crippen molar-refractivity contribution in [2.75, 3.05) is 0 Å². The molecule has 2 aromatic heterocycles. The number of fused-ring (bicyclic) bond motifs is 3. The molecule has 0 amide bonds. The lowest BCUT2D eigenvalue weighted by Crippen LogP contribution is -1.97. The second-order valence-corrected chi connectivity index (χ2v) is 9.33. The average Bonchev–Trinajstić information content (AvgIpc) is 3.37. The Morgan fingerprint density at radius 1 is 0.474 bits per heavy atom. The van der Waals surface area contributed by atoms with E-state index in [-0.39, 0.29) is 5.28 Å². The number of para-hydroxylation sites is 1. The molecule has 0 radical (unpaired) electrons. The van der Waals surface area contributed by atoms with E-state index in [0.29, 0.717) is 17.2 Å². The second kappa shape index (κ2) is 9.25. The van der Waals surface area contributed by atoms with Crippen LogP contribution in [0.5, 0.6) is 0 Å². The van der Waals surface area contributed by atoms with Gasteiger partial charge in [0.25, 0.3) is 0 Å². The van der Waals surface area contributed by atoms with Crippen molar-refractivity contribution in [2.45, 2.75) is 0 Å². The molecule has 5 heteroatoms. The molecule has 0 aliphatic rings. The van der Waals surface area contributed by atoms with E-state index in [9.17, 15) is 0 Å². The number of nitrogens with zero attached hydrogens (tertiary/aromatic N) is 3. The molecule has 7 rings (SSSR count). The Morgan fingerprint density at radius 3 is 1.87 bits per heavy atom. The number of hydrogen-bond donors (Lipinski definition) is 0. The predicted octanol–water partition coefficient (Wildman–Crippen LogP) is 9.09. The first-order chi connectivity index (χ1) is 18.8. The fraction of sp³-hybridized carbons (Fsp3) is 0. The molecule has 0 atom stereocenters. The van der Waals surface area contributed by atoms with Crippen LogP contribution in [0.1, 0.15) is 0 Å². The van der Waals surface area contributed by atoms with Gasteiger partial charge in [0.1, 0.15) is 11.2 Å². The van der Waals surface area contributed by atoms with Gasteiger partial charge in [-0.3, -0.25) is 0 Å². The largest absolute Gasteiger partial charge is 0.455 e. The minimum Gasteiger partial charge on any atom is -0.455 e. The Bertz CT molecular complexity index is 1930. The van der Waals surface area contributed by atoms with Crippen LogP contribution in [-0.4, -0.2) is 15.0 Å². The van der Waals surface area contributed by atoms with Crippen LogP contribution in [0.3, 0.4) is 0 Å². The Kier molecular flexibility index (Phi) is 5.46. The van der Waals surface area contributed by atoms with E-state index in [2.05, 4.69) is 70.6 Å². The fourth-order valence-corrected chi connectivity index (χ4v) is 5.18. The molecule has 0 unspecified atom stereocenters. The summed E-state index contributed by atoms with van der Waals surface area (Å²) in [7, 11) is 0. The summed E-state index contributed by atoms with van der Waals surface area (Å²) in [6, 6.07) is 40.9. The van der Waals surface area contributed by atoms with Crippen molar-refractivity contribution in [2.24, 2.45) is 0 Å². The highest BCUT2D eigenvalue weighted by molar-refractivity contribution is 6.28. The van der Waals surface area contributed by atoms with E-state index in [0.717, 1.165) is 38.6 Å². The van der Waals surface area contributed by atoms with Gasteiger partial charge in [-0.2, -0.15) is 9.97 Å². The molecule has 4 nitrogen and oxygen atoms in total. The molecule has 0 aliphatic carbocycles. The molecule has 0 N–H and O–H groups in total. The van der Waals surface area contributed by atoms with E-state index < -0.39 is 0 Å². The van der Waals surface area contributed by atoms with Crippen molar-refractivity contribution in [3.05, 3.63) is 127 Å². The number of furan rings is 1. The van der Waals surface area contributed by atoms with Crippen LogP contribution in [0.4, 0.5) is 0 Å². The first kappa shape index (κ1) is 22.4. The van der Waals surface area contributed by atoms with Gasteiger partial charge < -0.3 is 4.42 Å². The highest BCUT2D eigenvalue weighted by Gasteiger charge is 2.19. The van der Waals surface area contributed by atoms with Crippen LogP contribution in [0.15, 0.2) is 126 Å². The summed E-state index contributed by atoms with van der Waals surface area (Å²) in [6.07, 6.45) is 0. The molecular weight excluding hydrogens is 490 g/mol. The Hall–Kier alpha value is -4.80. The predicted molar refractivity (Wildman–Crippen MR) is 154 cm³/mol. The molecule has 0 spiro atoms. The normalized spacial score (nSPS) is 11.3. The summed E-state index contributed by atoms with van der Waals surface area (Å²) in [5.41, 5.74) is 7.75. The first-order valence-electron chi connectivity index (χ1n) is 12.3. The van der Waals surface area contributed by atoms with E-state index in [1.54, 1.807) is 0 Å². The van der Waals surface area contributed by atoms with Gasteiger partial charge in [-0.25, -0.2) is 4.98 Å². The van der Waals surface area contributed by atoms with Crippen LogP contribution in [0, 0.1) is 0 Å². The lowest BCUT2D eigenvalue weighted by Gasteiger charge is -2.11. The Labute approximate surface area is 224 Å². The van der Waals surface area contributed by atoms with Crippen LogP contribution in [-0.2, 0) is 0 Å². The lowest BCUT2D eigenvalue weighted by atomic mass is 9.92. The number of rotatable bonds is 4. The van der Waals surface area contributed by atoms with Crippen molar-refractivity contribution in [1.82, 2.24) is 15.0 Å². The van der Waals surface area contributed by atoms with Crippen LogP contribution in [0.2, 0.25) is 5.28 Å². The van der Waals surface area contributed by atoms with Crippen LogP contribution in [0.25, 0.3) is 67.0 Å². The molecule has 0 bridgehead atoms. The zero-order chi connectivity index (χ0) is 25.5. The standard InChI is InChI=1S/C33H20ClN3O/c34-33-36-31(22-13-5-2-6-14-22)35-32(37-33)27-19-9-18-26-29-25(17-10-20-28(29)38-30(26)27)24-16-8-7-15-23(24)21-11-3-1-4-12-21/h1-20H. The molecule has 0 fully saturated rings. The molecule has 0 saturated carbocycles. The molecular formula is C33H20ClN3O. The summed E-state index contributed by atoms with van der Waals surface area (Å²) in [5.74, 6) is 0.992. The summed E-state index contributed by atoms with van der Waals surface area (Å²) < 4.78 is 6.49. The van der Waals surface area contributed by atoms with Crippen LogP contribution >= 0.6 is 11.6 Å². The Balaban J connectivity index is 1.46. The van der Waals surface area contributed by atoms with Gasteiger partial charge in [0.15, 0.2) is 11.6 Å². The summed E-state index contributed by atoms with van der Waals surface area (Å²) in [4.78, 5) is 13.6. The smallest absolute Gasteiger partial charge is 0.226 e. The van der Waals surface area contributed by atoms with Crippen molar-refractivity contribution < 1.29 is 4.42 Å². The summed E-state index contributed by atoms with van der Waals surface area (Å²) in [6.45, 7) is 0. The number of halogens is 1. The van der Waals surface area contributed by atoms with Gasteiger partial charge in [0.2, 0.25) is 5.28 Å². The summed E-state index contributed by atoms with van der Waals surface area (Å²) >= 11 is 6.37. The minimum atomic E-state index is 0.138. The molecule has 38 heavy (non-hydrogen) atoms. The van der Waals surface area contributed by atoms with E-state index >= 15 is 0 Å². The SMILES string of the molecule is Clc1nc(-c2ccccc2)nc(-c2cccc3c2oc2cccc(-c4ccccc4-c4ccccc4)c23)n1. The molecule has 2 heterocycles. The van der Waals surface area contributed by atoms with Gasteiger partial charge in [-0.05, 0) is 46.0 Å². The maximum Gasteiger partial charge on any atom is 0.226 e. The Morgan fingerprint density at radius 2 is 1.08 bits per heavy atom. The van der Waals surface area contributed by atoms with Gasteiger partial charge in [0, 0.05) is 16.3 Å². The highest BCUT2D eigenvalue weighted by Crippen LogP contribution is 2.42. The maximum atomic E-state index is 6.49. The van der Waals surface area contributed by atoms with Gasteiger partial charge >= 0.3 is 0 Å². The molecule has 7 aromatic rings. The molecule has 0 aliphatic heterocycles. The minimum absolute atomic E-state index is 0.138. The zero-order valence-corrected chi connectivity index (χ0v) is 20.9. The van der Waals surface area contributed by atoms with Crippen molar-refractivity contribution in [3.63, 3.8) is 0 Å². The lowest BCUT2D eigenvalue weighted by molar-refractivity contribution is 0.669. The van der Waals surface area contributed by atoms with Gasteiger partial charge in [-0.1, -0.05) is 109 Å². The summed E-state index contributed by atoms with van der Waals surface area (Å²) in [5, 5.41) is 2.18. The third kappa shape index (κ3) is 3.83. The number of benzene rings is 5. The van der Waals surface area contributed by atoms with Crippen LogP contribution < -0.4 is 0 Å². The first-order valence-corrected chi connectivity index (χ1v) is 12.7. The third-order valence-corrected chi connectivity index (χ3v) is 6.87. The maximum absolute atomic E-state index is 6.49. The quantitative estimate of drug-likeness (QED) is 0.237.